The van der Waals surface area contributed by atoms with Crippen LogP contribution in [0.25, 0.3) is 11.5 Å². The Morgan fingerprint density at radius 3 is 1.97 bits per heavy atom. The van der Waals surface area contributed by atoms with Gasteiger partial charge in [0.15, 0.2) is 0 Å². The van der Waals surface area contributed by atoms with Crippen molar-refractivity contribution in [2.45, 2.75) is 97.3 Å². The molecule has 6 nitrogen and oxygen atoms in total. The molecule has 184 valence electrons. The summed E-state index contributed by atoms with van der Waals surface area (Å²) in [5, 5.41) is 9.04. The van der Waals surface area contributed by atoms with Gasteiger partial charge in [-0.2, -0.15) is 0 Å². The number of ether oxygens (including phenoxy) is 2. The molecule has 2 rings (SSSR count). The molecule has 1 aromatic carbocycles. The summed E-state index contributed by atoms with van der Waals surface area (Å²) in [6.45, 7) is 5.18. The van der Waals surface area contributed by atoms with E-state index in [4.69, 9.17) is 19.0 Å². The maximum atomic E-state index is 11.0. The normalized spacial score (nSPS) is 11.0. The molecule has 0 fully saturated rings. The smallest absolute Gasteiger partial charge is 0.309 e. The third-order valence-electron chi connectivity index (χ3n) is 5.62. The average molecular weight is 460 g/mol. The minimum atomic E-state index is -0.975. The van der Waals surface area contributed by atoms with Gasteiger partial charge in [-0.25, -0.2) is 4.98 Å². The number of oxazole rings is 1. The quantitative estimate of drug-likeness (QED) is 0.220. The molecule has 2 aromatic rings. The number of benzene rings is 1. The van der Waals surface area contributed by atoms with Gasteiger partial charge >= 0.3 is 11.9 Å². The fraction of sp³-hybridized carbons (Fsp3) is 0.630. The first-order valence-corrected chi connectivity index (χ1v) is 12.7. The molecule has 33 heavy (non-hydrogen) atoms. The van der Waals surface area contributed by atoms with Crippen LogP contribution >= 0.6 is 0 Å². The number of rotatable bonds is 19. The van der Waals surface area contributed by atoms with E-state index >= 15 is 0 Å². The Morgan fingerprint density at radius 1 is 0.848 bits per heavy atom. The second kappa shape index (κ2) is 16.2. The van der Waals surface area contributed by atoms with E-state index in [1.807, 2.05) is 31.2 Å². The topological polar surface area (TPSA) is 81.8 Å². The van der Waals surface area contributed by atoms with Crippen LogP contribution in [0.2, 0.25) is 0 Å². The molecule has 0 atom stereocenters. The second-order valence-electron chi connectivity index (χ2n) is 8.52. The van der Waals surface area contributed by atoms with Crippen LogP contribution in [0, 0.1) is 0 Å². The lowest BCUT2D eigenvalue weighted by Gasteiger charge is -2.07. The van der Waals surface area contributed by atoms with Gasteiger partial charge in [-0.1, -0.05) is 77.6 Å². The van der Waals surface area contributed by atoms with Crippen LogP contribution in [-0.2, 0) is 11.2 Å². The highest BCUT2D eigenvalue weighted by atomic mass is 16.6. The van der Waals surface area contributed by atoms with E-state index in [2.05, 4.69) is 11.9 Å². The molecule has 0 saturated heterocycles. The Hall–Kier alpha value is -2.50. The third-order valence-corrected chi connectivity index (χ3v) is 5.62. The summed E-state index contributed by atoms with van der Waals surface area (Å²) in [5.74, 6) is 0.353. The summed E-state index contributed by atoms with van der Waals surface area (Å²) in [5.41, 5.74) is 1.05. The fourth-order valence-corrected chi connectivity index (χ4v) is 3.79. The molecule has 6 heteroatoms. The number of carboxylic acids is 1. The summed E-state index contributed by atoms with van der Waals surface area (Å²) in [4.78, 5) is 15.3. The van der Waals surface area contributed by atoms with Gasteiger partial charge in [-0.15, -0.1) is 0 Å². The third kappa shape index (κ3) is 10.8. The number of carbonyl (C=O) groups is 1. The van der Waals surface area contributed by atoms with Crippen LogP contribution in [0.4, 0.5) is 0 Å². The number of hydrogen-bond acceptors (Lipinski definition) is 5. The largest absolute Gasteiger partial charge is 0.494 e. The van der Waals surface area contributed by atoms with Gasteiger partial charge in [-0.05, 0) is 37.6 Å². The van der Waals surface area contributed by atoms with E-state index in [0.29, 0.717) is 24.8 Å². The van der Waals surface area contributed by atoms with E-state index in [9.17, 15) is 4.79 Å². The Balaban J connectivity index is 1.62. The molecular formula is C27H41NO5. The number of hydrogen-bond donors (Lipinski definition) is 1. The molecule has 1 heterocycles. The molecule has 0 aliphatic heterocycles. The van der Waals surface area contributed by atoms with E-state index < -0.39 is 5.97 Å². The average Bonchev–Trinajstić information content (AvgIpc) is 3.19. The molecule has 0 amide bonds. The molecule has 0 aliphatic rings. The van der Waals surface area contributed by atoms with E-state index in [-0.39, 0.29) is 12.4 Å². The highest BCUT2D eigenvalue weighted by Gasteiger charge is 2.18. The van der Waals surface area contributed by atoms with E-state index in [0.717, 1.165) is 17.7 Å². The van der Waals surface area contributed by atoms with Crippen molar-refractivity contribution in [1.29, 1.82) is 0 Å². The first kappa shape index (κ1) is 26.7. The van der Waals surface area contributed by atoms with Crippen molar-refractivity contribution >= 4 is 5.97 Å². The predicted molar refractivity (Wildman–Crippen MR) is 131 cm³/mol. The van der Waals surface area contributed by atoms with Gasteiger partial charge in [0.1, 0.15) is 11.4 Å². The number of aliphatic carboxylic acids is 1. The van der Waals surface area contributed by atoms with Crippen molar-refractivity contribution in [3.8, 4) is 23.1 Å². The number of nitrogens with zero attached hydrogens (tertiary/aromatic N) is 1. The van der Waals surface area contributed by atoms with Gasteiger partial charge in [-0.3, -0.25) is 4.79 Å². The van der Waals surface area contributed by atoms with Gasteiger partial charge in [0.2, 0.25) is 5.89 Å². The fourth-order valence-electron chi connectivity index (χ4n) is 3.79. The molecule has 0 spiro atoms. The summed E-state index contributed by atoms with van der Waals surface area (Å²) in [6, 6.07) is 7.50. The van der Waals surface area contributed by atoms with E-state index in [1.54, 1.807) is 0 Å². The summed E-state index contributed by atoms with van der Waals surface area (Å²) in [6.07, 6.45) is 15.7. The summed E-state index contributed by atoms with van der Waals surface area (Å²) in [7, 11) is 0. The van der Waals surface area contributed by atoms with Crippen LogP contribution in [0.15, 0.2) is 28.7 Å². The van der Waals surface area contributed by atoms with Crippen molar-refractivity contribution < 1.29 is 23.8 Å². The Labute approximate surface area is 198 Å². The monoisotopic (exact) mass is 459 g/mol. The number of carboxylic acid groups (broad SMARTS) is 1. The molecular weight excluding hydrogens is 418 g/mol. The molecule has 0 aliphatic carbocycles. The Kier molecular flexibility index (Phi) is 13.1. The van der Waals surface area contributed by atoms with Crippen LogP contribution in [0.3, 0.4) is 0 Å². The zero-order chi connectivity index (χ0) is 23.7. The second-order valence-corrected chi connectivity index (χ2v) is 8.52. The highest BCUT2D eigenvalue weighted by molar-refractivity contribution is 5.70. The maximum Gasteiger partial charge on any atom is 0.309 e. The minimum Gasteiger partial charge on any atom is -0.494 e. The molecule has 0 radical (unpaired) electrons. The Bertz CT molecular complexity index is 784. The van der Waals surface area contributed by atoms with Crippen molar-refractivity contribution in [3.05, 3.63) is 30.0 Å². The van der Waals surface area contributed by atoms with Gasteiger partial charge in [0.25, 0.3) is 0 Å². The first-order valence-electron chi connectivity index (χ1n) is 12.7. The van der Waals surface area contributed by atoms with Gasteiger partial charge in [0.05, 0.1) is 19.6 Å². The number of aromatic nitrogens is 1. The first-order chi connectivity index (χ1) is 16.1. The lowest BCUT2D eigenvalue weighted by Crippen LogP contribution is -2.03. The molecule has 0 bridgehead atoms. The Morgan fingerprint density at radius 2 is 1.42 bits per heavy atom. The predicted octanol–water partition coefficient (Wildman–Crippen LogP) is 7.45. The van der Waals surface area contributed by atoms with Crippen molar-refractivity contribution in [2.24, 2.45) is 0 Å². The minimum absolute atomic E-state index is 0.169. The lowest BCUT2D eigenvalue weighted by molar-refractivity contribution is -0.136. The van der Waals surface area contributed by atoms with Crippen molar-refractivity contribution in [2.75, 3.05) is 13.2 Å². The lowest BCUT2D eigenvalue weighted by atomic mass is 10.1. The zero-order valence-corrected chi connectivity index (χ0v) is 20.4. The van der Waals surface area contributed by atoms with Crippen molar-refractivity contribution in [3.63, 3.8) is 0 Å². The molecule has 0 unspecified atom stereocenters. The van der Waals surface area contributed by atoms with Gasteiger partial charge in [0, 0.05) is 5.56 Å². The van der Waals surface area contributed by atoms with Gasteiger partial charge < -0.3 is 19.0 Å². The zero-order valence-electron chi connectivity index (χ0n) is 20.4. The molecule has 0 saturated carbocycles. The SMILES string of the molecule is CCCCCCCCCCCCCCOc1ccc(-c2nc(CC(=O)O)c(OCC)o2)cc1. The van der Waals surface area contributed by atoms with E-state index in [1.165, 1.54) is 70.6 Å². The van der Waals surface area contributed by atoms with Crippen LogP contribution in [0.5, 0.6) is 11.7 Å². The summed E-state index contributed by atoms with van der Waals surface area (Å²) >= 11 is 0. The summed E-state index contributed by atoms with van der Waals surface area (Å²) < 4.78 is 16.9. The maximum absolute atomic E-state index is 11.0. The van der Waals surface area contributed by atoms with Crippen molar-refractivity contribution in [1.82, 2.24) is 4.98 Å². The highest BCUT2D eigenvalue weighted by Crippen LogP contribution is 2.29. The number of unbranched alkanes of at least 4 members (excludes halogenated alkanes) is 11. The molecule has 1 aromatic heterocycles. The standard InChI is InChI=1S/C27H41NO5/c1-3-5-6-7-8-9-10-11-12-13-14-15-20-32-23-18-16-22(17-19-23)26-28-24(21-25(29)30)27(33-26)31-4-2/h16-19H,3-15,20-21H2,1-2H3,(H,29,30). The molecule has 1 N–H and O–H groups in total. The van der Waals surface area contributed by atoms with Crippen LogP contribution < -0.4 is 9.47 Å². The van der Waals surface area contributed by atoms with Crippen LogP contribution in [0.1, 0.15) is 96.6 Å². The van der Waals surface area contributed by atoms with Crippen LogP contribution in [-0.4, -0.2) is 29.3 Å².